The highest BCUT2D eigenvalue weighted by atomic mass is 16.4. The molecule has 35 heavy (non-hydrogen) atoms. The first-order valence-electron chi connectivity index (χ1n) is 11.2. The minimum atomic E-state index is -1.08. The molecule has 1 aliphatic heterocycles. The largest absolute Gasteiger partial charge is 0.465 e. The van der Waals surface area contributed by atoms with Crippen LogP contribution < -0.4 is 16.4 Å². The number of benzene rings is 2. The molecule has 10 heteroatoms. The van der Waals surface area contributed by atoms with E-state index in [9.17, 15) is 14.4 Å². The third kappa shape index (κ3) is 5.91. The summed E-state index contributed by atoms with van der Waals surface area (Å²) < 4.78 is 0. The molecule has 4 rings (SSSR count). The molecule has 1 aromatic heterocycles. The lowest BCUT2D eigenvalue weighted by atomic mass is 10.0. The van der Waals surface area contributed by atoms with Crippen molar-refractivity contribution in [3.8, 4) is 11.3 Å². The highest BCUT2D eigenvalue weighted by molar-refractivity contribution is 5.97. The third-order valence-corrected chi connectivity index (χ3v) is 5.83. The van der Waals surface area contributed by atoms with Gasteiger partial charge in [0.1, 0.15) is 0 Å². The van der Waals surface area contributed by atoms with E-state index in [1.165, 1.54) is 6.20 Å². The van der Waals surface area contributed by atoms with Crippen LogP contribution in [0.5, 0.6) is 0 Å². The Balaban J connectivity index is 1.47. The van der Waals surface area contributed by atoms with Gasteiger partial charge in [0.2, 0.25) is 0 Å². The van der Waals surface area contributed by atoms with Crippen molar-refractivity contribution in [2.24, 2.45) is 0 Å². The summed E-state index contributed by atoms with van der Waals surface area (Å²) in [6.45, 7) is 1.17. The van der Waals surface area contributed by atoms with Crippen LogP contribution in [-0.4, -0.2) is 57.0 Å². The average molecular weight is 475 g/mol. The zero-order valence-electron chi connectivity index (χ0n) is 19.0. The van der Waals surface area contributed by atoms with Gasteiger partial charge in [0.25, 0.3) is 11.8 Å². The summed E-state index contributed by atoms with van der Waals surface area (Å²) >= 11 is 0. The fraction of sp³-hybridized carbons (Fsp3) is 0.240. The number of anilines is 1. The second-order valence-electron chi connectivity index (χ2n) is 8.25. The Kier molecular flexibility index (Phi) is 7.20. The number of likely N-dealkylation sites (tertiary alicyclic amines) is 1. The van der Waals surface area contributed by atoms with Gasteiger partial charge in [-0.1, -0.05) is 42.5 Å². The number of hydrogen-bond acceptors (Lipinski definition) is 6. The number of piperidine rings is 1. The number of nitrogen functional groups attached to an aromatic ring is 1. The van der Waals surface area contributed by atoms with Crippen LogP contribution >= 0.6 is 0 Å². The Morgan fingerprint density at radius 2 is 1.80 bits per heavy atom. The van der Waals surface area contributed by atoms with Crippen LogP contribution in [0.15, 0.2) is 60.8 Å². The van der Waals surface area contributed by atoms with Crippen molar-refractivity contribution in [3.05, 3.63) is 77.6 Å². The molecule has 5 N–H and O–H groups in total. The number of rotatable bonds is 6. The van der Waals surface area contributed by atoms with Crippen LogP contribution in [-0.2, 0) is 6.54 Å². The smallest absolute Gasteiger partial charge is 0.404 e. The molecule has 1 saturated heterocycles. The number of hydrogen-bond donors (Lipinski definition) is 4. The Morgan fingerprint density at radius 3 is 2.51 bits per heavy atom. The van der Waals surface area contributed by atoms with Gasteiger partial charge in [0.05, 0.1) is 11.9 Å². The lowest BCUT2D eigenvalue weighted by Crippen LogP contribution is -2.46. The standard InChI is InChI=1S/C25H26N6O4/c26-22-21(24(33)31-11-9-19(10-12-31)29-25(34)35)30-20(15-27-22)17-7-4-8-18(13-17)23(32)28-14-16-5-2-1-3-6-16/h1-8,13,15,19,29H,9-12,14H2,(H2,26,27)(H,28,32)(H,34,35). The topological polar surface area (TPSA) is 151 Å². The zero-order chi connectivity index (χ0) is 24.8. The van der Waals surface area contributed by atoms with E-state index >= 15 is 0 Å². The fourth-order valence-corrected chi connectivity index (χ4v) is 3.95. The molecule has 0 atom stereocenters. The molecule has 10 nitrogen and oxygen atoms in total. The minimum absolute atomic E-state index is 0.0151. The third-order valence-electron chi connectivity index (χ3n) is 5.83. The predicted molar refractivity (Wildman–Crippen MR) is 130 cm³/mol. The summed E-state index contributed by atoms with van der Waals surface area (Å²) in [6.07, 6.45) is 1.40. The molecule has 3 amide bonds. The van der Waals surface area contributed by atoms with Crippen molar-refractivity contribution in [3.63, 3.8) is 0 Å². The summed E-state index contributed by atoms with van der Waals surface area (Å²) in [7, 11) is 0. The van der Waals surface area contributed by atoms with Crippen molar-refractivity contribution in [2.75, 3.05) is 18.8 Å². The fourth-order valence-electron chi connectivity index (χ4n) is 3.95. The van der Waals surface area contributed by atoms with Crippen molar-refractivity contribution in [1.29, 1.82) is 0 Å². The van der Waals surface area contributed by atoms with E-state index in [1.807, 2.05) is 30.3 Å². The highest BCUT2D eigenvalue weighted by Crippen LogP contribution is 2.22. The van der Waals surface area contributed by atoms with Crippen LogP contribution in [0.2, 0.25) is 0 Å². The molecule has 0 bridgehead atoms. The van der Waals surface area contributed by atoms with Crippen LogP contribution in [0.1, 0.15) is 39.3 Å². The molecule has 0 spiro atoms. The van der Waals surface area contributed by atoms with E-state index in [0.717, 1.165) is 5.56 Å². The minimum Gasteiger partial charge on any atom is -0.465 e. The second-order valence-corrected chi connectivity index (χ2v) is 8.25. The molecule has 180 valence electrons. The van der Waals surface area contributed by atoms with E-state index in [-0.39, 0.29) is 29.4 Å². The summed E-state index contributed by atoms with van der Waals surface area (Å²) in [5, 5.41) is 14.2. The Labute approximate surface area is 202 Å². The van der Waals surface area contributed by atoms with E-state index in [2.05, 4.69) is 20.6 Å². The Bertz CT molecular complexity index is 1230. The second kappa shape index (κ2) is 10.6. The maximum absolute atomic E-state index is 13.1. The van der Waals surface area contributed by atoms with E-state index in [4.69, 9.17) is 10.8 Å². The first-order valence-corrected chi connectivity index (χ1v) is 11.2. The Hall–Kier alpha value is -4.47. The summed E-state index contributed by atoms with van der Waals surface area (Å²) in [6, 6.07) is 16.3. The monoisotopic (exact) mass is 474 g/mol. The number of nitrogens with two attached hydrogens (primary N) is 1. The number of nitrogens with zero attached hydrogens (tertiary/aromatic N) is 3. The average Bonchev–Trinajstić information content (AvgIpc) is 2.88. The molecule has 1 aliphatic rings. The molecule has 3 aromatic rings. The normalized spacial score (nSPS) is 13.8. The van der Waals surface area contributed by atoms with Crippen molar-refractivity contribution in [2.45, 2.75) is 25.4 Å². The maximum Gasteiger partial charge on any atom is 0.404 e. The van der Waals surface area contributed by atoms with Crippen LogP contribution in [0, 0.1) is 0 Å². The van der Waals surface area contributed by atoms with Crippen molar-refractivity contribution < 1.29 is 19.5 Å². The van der Waals surface area contributed by atoms with Gasteiger partial charge in [-0.2, -0.15) is 0 Å². The van der Waals surface area contributed by atoms with Crippen LogP contribution in [0.3, 0.4) is 0 Å². The number of carboxylic acid groups (broad SMARTS) is 1. The van der Waals surface area contributed by atoms with Gasteiger partial charge in [-0.15, -0.1) is 0 Å². The van der Waals surface area contributed by atoms with E-state index in [1.54, 1.807) is 29.2 Å². The van der Waals surface area contributed by atoms with Crippen LogP contribution in [0.4, 0.5) is 10.6 Å². The summed E-state index contributed by atoms with van der Waals surface area (Å²) in [5.74, 6) is -0.572. The van der Waals surface area contributed by atoms with Gasteiger partial charge in [-0.05, 0) is 30.5 Å². The van der Waals surface area contributed by atoms with Gasteiger partial charge in [-0.25, -0.2) is 14.8 Å². The number of carbonyl (C=O) groups is 3. The summed E-state index contributed by atoms with van der Waals surface area (Å²) in [5.41, 5.74) is 8.50. The molecule has 1 fully saturated rings. The van der Waals surface area contributed by atoms with E-state index < -0.39 is 6.09 Å². The van der Waals surface area contributed by atoms with Gasteiger partial charge in [0.15, 0.2) is 11.5 Å². The van der Waals surface area contributed by atoms with Gasteiger partial charge in [-0.3, -0.25) is 9.59 Å². The maximum atomic E-state index is 13.1. The number of amides is 3. The molecular weight excluding hydrogens is 448 g/mol. The zero-order valence-corrected chi connectivity index (χ0v) is 19.0. The first kappa shape index (κ1) is 23.7. The highest BCUT2D eigenvalue weighted by Gasteiger charge is 2.27. The number of carbonyl (C=O) groups excluding carboxylic acids is 2. The number of nitrogens with one attached hydrogen (secondary N) is 2. The van der Waals surface area contributed by atoms with Gasteiger partial charge < -0.3 is 26.4 Å². The predicted octanol–water partition coefficient (Wildman–Crippen LogP) is 2.53. The summed E-state index contributed by atoms with van der Waals surface area (Å²) in [4.78, 5) is 46.8. The lowest BCUT2D eigenvalue weighted by molar-refractivity contribution is 0.0700. The molecular formula is C25H26N6O4. The molecule has 0 radical (unpaired) electrons. The van der Waals surface area contributed by atoms with E-state index in [0.29, 0.717) is 49.3 Å². The molecule has 0 aliphatic carbocycles. The molecule has 2 aromatic carbocycles. The quantitative estimate of drug-likeness (QED) is 0.429. The number of aromatic nitrogens is 2. The first-order chi connectivity index (χ1) is 16.9. The van der Waals surface area contributed by atoms with Gasteiger partial charge >= 0.3 is 6.09 Å². The Morgan fingerprint density at radius 1 is 1.06 bits per heavy atom. The van der Waals surface area contributed by atoms with Crippen LogP contribution in [0.25, 0.3) is 11.3 Å². The lowest BCUT2D eigenvalue weighted by Gasteiger charge is -2.31. The molecule has 2 heterocycles. The molecule has 0 saturated carbocycles. The van der Waals surface area contributed by atoms with Crippen molar-refractivity contribution in [1.82, 2.24) is 25.5 Å². The molecule has 0 unspecified atom stereocenters. The van der Waals surface area contributed by atoms with Crippen molar-refractivity contribution >= 4 is 23.7 Å². The van der Waals surface area contributed by atoms with Gasteiger partial charge in [0, 0.05) is 36.8 Å². The SMILES string of the molecule is Nc1ncc(-c2cccc(C(=O)NCc3ccccc3)c2)nc1C(=O)N1CCC(NC(=O)O)CC1.